The lowest BCUT2D eigenvalue weighted by atomic mass is 10.4. The van der Waals surface area contributed by atoms with Crippen LogP contribution in [0.4, 0.5) is 5.69 Å². The molecule has 0 unspecified atom stereocenters. The van der Waals surface area contributed by atoms with Crippen molar-refractivity contribution < 1.29 is 9.47 Å². The van der Waals surface area contributed by atoms with Gasteiger partial charge in [0.15, 0.2) is 0 Å². The van der Waals surface area contributed by atoms with Crippen molar-refractivity contribution in [1.29, 1.82) is 0 Å². The Morgan fingerprint density at radius 1 is 1.29 bits per heavy atom. The van der Waals surface area contributed by atoms with Crippen LogP contribution >= 0.6 is 11.3 Å². The molecule has 0 aliphatic heterocycles. The van der Waals surface area contributed by atoms with Gasteiger partial charge in [-0.05, 0) is 24.4 Å². The van der Waals surface area contributed by atoms with Gasteiger partial charge in [-0.2, -0.15) is 4.98 Å². The molecule has 4 nitrogen and oxygen atoms in total. The Hall–Kier alpha value is -1.75. The Labute approximate surface area is 104 Å². The van der Waals surface area contributed by atoms with Crippen molar-refractivity contribution in [1.82, 2.24) is 4.98 Å². The second-order valence-corrected chi connectivity index (χ2v) is 4.38. The number of nitrogens with zero attached hydrogens (tertiary/aromatic N) is 1. The molecular formula is C12H14N2O2S. The van der Waals surface area contributed by atoms with E-state index >= 15 is 0 Å². The number of anilines is 1. The Morgan fingerprint density at radius 2 is 2.18 bits per heavy atom. The number of hydrogen-bond acceptors (Lipinski definition) is 5. The van der Waals surface area contributed by atoms with E-state index in [9.17, 15) is 0 Å². The molecule has 2 heterocycles. The highest BCUT2D eigenvalue weighted by Gasteiger charge is 2.05. The largest absolute Gasteiger partial charge is 0.476 e. The van der Waals surface area contributed by atoms with Crippen LogP contribution in [0.5, 0.6) is 11.8 Å². The van der Waals surface area contributed by atoms with Crippen molar-refractivity contribution in [3.05, 3.63) is 34.5 Å². The van der Waals surface area contributed by atoms with E-state index in [-0.39, 0.29) is 0 Å². The second-order valence-electron chi connectivity index (χ2n) is 3.34. The molecule has 0 aromatic carbocycles. The van der Waals surface area contributed by atoms with Crippen molar-refractivity contribution >= 4 is 17.0 Å². The molecule has 2 rings (SSSR count). The summed E-state index contributed by atoms with van der Waals surface area (Å²) in [5.74, 6) is 0.951. The number of ether oxygens (including phenoxy) is 2. The lowest BCUT2D eigenvalue weighted by Gasteiger charge is -2.08. The van der Waals surface area contributed by atoms with Crippen molar-refractivity contribution in [2.24, 2.45) is 0 Å². The summed E-state index contributed by atoms with van der Waals surface area (Å²) in [7, 11) is 0. The Morgan fingerprint density at radius 3 is 2.88 bits per heavy atom. The molecule has 0 atom stereocenters. The second kappa shape index (κ2) is 5.54. The van der Waals surface area contributed by atoms with Crippen LogP contribution in [0.2, 0.25) is 0 Å². The van der Waals surface area contributed by atoms with Gasteiger partial charge in [-0.25, -0.2) is 0 Å². The molecule has 0 amide bonds. The maximum atomic E-state index is 5.73. The zero-order chi connectivity index (χ0) is 12.1. The molecular weight excluding hydrogens is 236 g/mol. The van der Waals surface area contributed by atoms with E-state index in [2.05, 4.69) is 4.98 Å². The van der Waals surface area contributed by atoms with E-state index < -0.39 is 0 Å². The van der Waals surface area contributed by atoms with E-state index in [0.29, 0.717) is 30.7 Å². The fourth-order valence-electron chi connectivity index (χ4n) is 1.31. The van der Waals surface area contributed by atoms with Crippen LogP contribution in [-0.2, 0) is 6.61 Å². The Balaban J connectivity index is 2.03. The van der Waals surface area contributed by atoms with Crippen molar-refractivity contribution in [3.8, 4) is 11.8 Å². The predicted octanol–water partition coefficient (Wildman–Crippen LogP) is 2.70. The average molecular weight is 250 g/mol. The van der Waals surface area contributed by atoms with E-state index in [0.717, 1.165) is 4.88 Å². The first-order valence-electron chi connectivity index (χ1n) is 5.34. The van der Waals surface area contributed by atoms with Crippen molar-refractivity contribution in [3.63, 3.8) is 0 Å². The van der Waals surface area contributed by atoms with Crippen LogP contribution in [0.15, 0.2) is 29.6 Å². The number of nitrogen functional groups attached to an aromatic ring is 1. The molecule has 0 bridgehead atoms. The molecule has 90 valence electrons. The molecule has 0 saturated heterocycles. The quantitative estimate of drug-likeness (QED) is 0.886. The van der Waals surface area contributed by atoms with E-state index in [1.807, 2.05) is 24.4 Å². The summed E-state index contributed by atoms with van der Waals surface area (Å²) in [6.45, 7) is 2.94. The van der Waals surface area contributed by atoms with Crippen LogP contribution in [0.1, 0.15) is 11.8 Å². The third-order valence-electron chi connectivity index (χ3n) is 2.09. The van der Waals surface area contributed by atoms with Crippen LogP contribution < -0.4 is 15.2 Å². The zero-order valence-electron chi connectivity index (χ0n) is 9.55. The Bertz CT molecular complexity index is 471. The first-order chi connectivity index (χ1) is 8.29. The van der Waals surface area contributed by atoms with E-state index in [1.165, 1.54) is 0 Å². The number of hydrogen-bond donors (Lipinski definition) is 1. The van der Waals surface area contributed by atoms with Gasteiger partial charge in [0.25, 0.3) is 0 Å². The van der Waals surface area contributed by atoms with Crippen LogP contribution in [0.25, 0.3) is 0 Å². The van der Waals surface area contributed by atoms with Gasteiger partial charge in [-0.1, -0.05) is 6.07 Å². The van der Waals surface area contributed by atoms with Crippen LogP contribution in [0, 0.1) is 0 Å². The van der Waals surface area contributed by atoms with Gasteiger partial charge in [-0.3, -0.25) is 0 Å². The molecule has 17 heavy (non-hydrogen) atoms. The summed E-state index contributed by atoms with van der Waals surface area (Å²) in [5, 5.41) is 2.01. The molecule has 2 aromatic rings. The average Bonchev–Trinajstić information content (AvgIpc) is 2.83. The third kappa shape index (κ3) is 3.10. The maximum absolute atomic E-state index is 5.73. The monoisotopic (exact) mass is 250 g/mol. The van der Waals surface area contributed by atoms with Gasteiger partial charge >= 0.3 is 0 Å². The first-order valence-corrected chi connectivity index (χ1v) is 6.22. The summed E-state index contributed by atoms with van der Waals surface area (Å²) in [6, 6.07) is 7.49. The van der Waals surface area contributed by atoms with Gasteiger partial charge < -0.3 is 15.2 Å². The van der Waals surface area contributed by atoms with Gasteiger partial charge in [-0.15, -0.1) is 11.3 Å². The summed E-state index contributed by atoms with van der Waals surface area (Å²) in [6.07, 6.45) is 0. The lowest BCUT2D eigenvalue weighted by molar-refractivity contribution is 0.282. The summed E-state index contributed by atoms with van der Waals surface area (Å²) in [5.41, 5.74) is 6.25. The number of aromatic nitrogens is 1. The van der Waals surface area contributed by atoms with Gasteiger partial charge in [0.05, 0.1) is 12.3 Å². The van der Waals surface area contributed by atoms with Crippen LogP contribution in [0.3, 0.4) is 0 Å². The normalized spacial score (nSPS) is 10.2. The third-order valence-corrected chi connectivity index (χ3v) is 2.94. The molecule has 2 aromatic heterocycles. The van der Waals surface area contributed by atoms with Gasteiger partial charge in [0.2, 0.25) is 11.8 Å². The van der Waals surface area contributed by atoms with Crippen LogP contribution in [-0.4, -0.2) is 11.6 Å². The minimum atomic E-state index is 0.427. The van der Waals surface area contributed by atoms with E-state index in [1.54, 1.807) is 23.5 Å². The molecule has 2 N–H and O–H groups in total. The van der Waals surface area contributed by atoms with E-state index in [4.69, 9.17) is 15.2 Å². The minimum Gasteiger partial charge on any atom is -0.476 e. The fourth-order valence-corrected chi connectivity index (χ4v) is 1.92. The first kappa shape index (κ1) is 11.7. The van der Waals surface area contributed by atoms with Gasteiger partial charge in [0, 0.05) is 10.9 Å². The number of nitrogens with two attached hydrogens (primary N) is 1. The number of thiophene rings is 1. The molecule has 0 aliphatic carbocycles. The predicted molar refractivity (Wildman–Crippen MR) is 68.5 cm³/mol. The standard InChI is InChI=1S/C12H14N2O2S/c1-2-15-12-10(13)5-6-11(14-12)16-8-9-4-3-7-17-9/h3-7H,2,8,13H2,1H3. The highest BCUT2D eigenvalue weighted by atomic mass is 32.1. The highest BCUT2D eigenvalue weighted by Crippen LogP contribution is 2.23. The summed E-state index contributed by atoms with van der Waals surface area (Å²) < 4.78 is 10.9. The summed E-state index contributed by atoms with van der Waals surface area (Å²) >= 11 is 1.65. The molecule has 0 saturated carbocycles. The maximum Gasteiger partial charge on any atom is 0.240 e. The topological polar surface area (TPSA) is 57.4 Å². The fraction of sp³-hybridized carbons (Fsp3) is 0.250. The summed E-state index contributed by atoms with van der Waals surface area (Å²) in [4.78, 5) is 5.35. The van der Waals surface area contributed by atoms with Crippen molar-refractivity contribution in [2.75, 3.05) is 12.3 Å². The minimum absolute atomic E-state index is 0.427. The molecule has 5 heteroatoms. The van der Waals surface area contributed by atoms with Gasteiger partial charge in [0.1, 0.15) is 6.61 Å². The molecule has 0 spiro atoms. The SMILES string of the molecule is CCOc1nc(OCc2cccs2)ccc1N. The smallest absolute Gasteiger partial charge is 0.240 e. The van der Waals surface area contributed by atoms with Crippen molar-refractivity contribution in [2.45, 2.75) is 13.5 Å². The Kier molecular flexibility index (Phi) is 3.82. The molecule has 0 aliphatic rings. The lowest BCUT2D eigenvalue weighted by Crippen LogP contribution is -2.02. The number of pyridine rings is 1. The highest BCUT2D eigenvalue weighted by molar-refractivity contribution is 7.09. The molecule has 0 radical (unpaired) electrons. The molecule has 0 fully saturated rings. The zero-order valence-corrected chi connectivity index (χ0v) is 10.4. The number of rotatable bonds is 5.